The number of hydrogen-bond donors (Lipinski definition) is 2. The number of anilines is 2. The molecule has 0 spiro atoms. The fraction of sp³-hybridized carbons (Fsp3) is 0.318. The maximum absolute atomic E-state index is 14.7. The van der Waals surface area contributed by atoms with Gasteiger partial charge in [0.1, 0.15) is 17.6 Å². The van der Waals surface area contributed by atoms with Crippen LogP contribution in [-0.2, 0) is 9.59 Å². The van der Waals surface area contributed by atoms with Crippen molar-refractivity contribution in [2.75, 3.05) is 23.3 Å². The van der Waals surface area contributed by atoms with Gasteiger partial charge in [-0.1, -0.05) is 13.0 Å². The van der Waals surface area contributed by atoms with Gasteiger partial charge in [-0.15, -0.1) is 0 Å². The molecule has 0 bridgehead atoms. The van der Waals surface area contributed by atoms with Crippen LogP contribution in [0.5, 0.6) is 0 Å². The molecular formula is C22H22F2N4O2. The molecule has 2 aliphatic rings. The fourth-order valence-corrected chi connectivity index (χ4v) is 3.83. The van der Waals surface area contributed by atoms with E-state index in [4.69, 9.17) is 0 Å². The van der Waals surface area contributed by atoms with Crippen LogP contribution in [0.25, 0.3) is 0 Å². The molecule has 2 unspecified atom stereocenters. The number of amides is 2. The molecule has 2 aliphatic heterocycles. The Kier molecular flexibility index (Phi) is 5.48. The van der Waals surface area contributed by atoms with Crippen LogP contribution >= 0.6 is 0 Å². The minimum Gasteiger partial charge on any atom is -0.367 e. The van der Waals surface area contributed by atoms with Crippen LogP contribution in [0, 0.1) is 11.6 Å². The predicted molar refractivity (Wildman–Crippen MR) is 111 cm³/mol. The van der Waals surface area contributed by atoms with Crippen molar-refractivity contribution in [1.82, 2.24) is 5.32 Å². The standard InChI is InChI=1S/C22H22F2N4O2/c1-2-21(29)26-15-7-8-28(12-15)20-6-4-14(10-18(20)24)25-11-17-16-5-3-13(23)9-19(16)27-22(17)30/h3-6,9-11,15,17H,2,7-8,12H2,1H3,(H,26,29)(H,27,30). The van der Waals surface area contributed by atoms with Crippen molar-refractivity contribution in [2.45, 2.75) is 31.7 Å². The summed E-state index contributed by atoms with van der Waals surface area (Å²) < 4.78 is 28.0. The Bertz CT molecular complexity index is 1020. The molecule has 2 amide bonds. The predicted octanol–water partition coefficient (Wildman–Crippen LogP) is 3.51. The Labute approximate surface area is 173 Å². The molecule has 2 atom stereocenters. The summed E-state index contributed by atoms with van der Waals surface area (Å²) in [5.41, 5.74) is 1.91. The van der Waals surface area contributed by atoms with Crippen molar-refractivity contribution in [3.8, 4) is 0 Å². The van der Waals surface area contributed by atoms with E-state index in [1.807, 2.05) is 4.90 Å². The maximum Gasteiger partial charge on any atom is 0.237 e. The van der Waals surface area contributed by atoms with Gasteiger partial charge in [0.15, 0.2) is 0 Å². The van der Waals surface area contributed by atoms with E-state index in [9.17, 15) is 18.4 Å². The molecule has 156 valence electrons. The maximum atomic E-state index is 14.7. The van der Waals surface area contributed by atoms with Gasteiger partial charge < -0.3 is 15.5 Å². The summed E-state index contributed by atoms with van der Waals surface area (Å²) in [6.45, 7) is 3.01. The minimum absolute atomic E-state index is 0.00716. The summed E-state index contributed by atoms with van der Waals surface area (Å²) in [6.07, 6.45) is 2.64. The highest BCUT2D eigenvalue weighted by Gasteiger charge is 2.29. The van der Waals surface area contributed by atoms with Crippen LogP contribution in [0.4, 0.5) is 25.8 Å². The lowest BCUT2D eigenvalue weighted by Gasteiger charge is -2.20. The van der Waals surface area contributed by atoms with Gasteiger partial charge in [0.2, 0.25) is 11.8 Å². The number of carbonyl (C=O) groups is 2. The number of aliphatic imine (C=N–C) groups is 1. The van der Waals surface area contributed by atoms with E-state index >= 15 is 0 Å². The molecule has 30 heavy (non-hydrogen) atoms. The topological polar surface area (TPSA) is 73.8 Å². The molecule has 0 radical (unpaired) electrons. The second-order valence-electron chi connectivity index (χ2n) is 7.47. The number of nitrogens with zero attached hydrogens (tertiary/aromatic N) is 2. The quantitative estimate of drug-likeness (QED) is 0.738. The lowest BCUT2D eigenvalue weighted by molar-refractivity contribution is -0.121. The molecule has 2 aromatic carbocycles. The highest BCUT2D eigenvalue weighted by atomic mass is 19.1. The SMILES string of the molecule is CCC(=O)NC1CCN(c2ccc(N=CC3C(=O)Nc4cc(F)ccc43)cc2F)C1. The molecule has 4 rings (SSSR count). The Morgan fingerprint density at radius 3 is 2.90 bits per heavy atom. The third-order valence-corrected chi connectivity index (χ3v) is 5.41. The van der Waals surface area contributed by atoms with Crippen LogP contribution in [0.2, 0.25) is 0 Å². The van der Waals surface area contributed by atoms with Crippen molar-refractivity contribution in [2.24, 2.45) is 4.99 Å². The number of hydrogen-bond acceptors (Lipinski definition) is 4. The van der Waals surface area contributed by atoms with Crippen LogP contribution in [0.3, 0.4) is 0 Å². The van der Waals surface area contributed by atoms with E-state index in [1.165, 1.54) is 24.4 Å². The first-order valence-electron chi connectivity index (χ1n) is 9.93. The Hall–Kier alpha value is -3.29. The second-order valence-corrected chi connectivity index (χ2v) is 7.47. The lowest BCUT2D eigenvalue weighted by Crippen LogP contribution is -2.36. The Balaban J connectivity index is 1.46. The van der Waals surface area contributed by atoms with Gasteiger partial charge in [-0.2, -0.15) is 0 Å². The summed E-state index contributed by atoms with van der Waals surface area (Å²) in [4.78, 5) is 29.9. The zero-order valence-corrected chi connectivity index (χ0v) is 16.5. The molecular weight excluding hydrogens is 390 g/mol. The smallest absolute Gasteiger partial charge is 0.237 e. The van der Waals surface area contributed by atoms with Gasteiger partial charge in [-0.3, -0.25) is 14.6 Å². The summed E-state index contributed by atoms with van der Waals surface area (Å²) in [5.74, 6) is -1.79. The molecule has 6 nitrogen and oxygen atoms in total. The van der Waals surface area contributed by atoms with Gasteiger partial charge in [-0.05, 0) is 36.2 Å². The third kappa shape index (κ3) is 4.03. The van der Waals surface area contributed by atoms with Gasteiger partial charge in [-0.25, -0.2) is 8.78 Å². The van der Waals surface area contributed by atoms with Gasteiger partial charge in [0, 0.05) is 43.5 Å². The van der Waals surface area contributed by atoms with Crippen LogP contribution in [0.1, 0.15) is 31.2 Å². The Morgan fingerprint density at radius 2 is 2.13 bits per heavy atom. The molecule has 1 saturated heterocycles. The molecule has 8 heteroatoms. The van der Waals surface area contributed by atoms with E-state index in [0.29, 0.717) is 42.1 Å². The van der Waals surface area contributed by atoms with Crippen molar-refractivity contribution >= 4 is 35.1 Å². The number of carbonyl (C=O) groups excluding carboxylic acids is 2. The van der Waals surface area contributed by atoms with Crippen molar-refractivity contribution in [3.63, 3.8) is 0 Å². The van der Waals surface area contributed by atoms with Gasteiger partial charge in [0.05, 0.1) is 11.4 Å². The highest BCUT2D eigenvalue weighted by Crippen LogP contribution is 2.33. The zero-order chi connectivity index (χ0) is 21.3. The normalized spacial score (nSPS) is 20.5. The number of fused-ring (bicyclic) bond motifs is 1. The lowest BCUT2D eigenvalue weighted by atomic mass is 10.0. The number of rotatable bonds is 5. The monoisotopic (exact) mass is 412 g/mol. The van der Waals surface area contributed by atoms with Crippen molar-refractivity contribution in [1.29, 1.82) is 0 Å². The molecule has 0 aliphatic carbocycles. The van der Waals surface area contributed by atoms with E-state index in [0.717, 1.165) is 6.42 Å². The summed E-state index contributed by atoms with van der Waals surface area (Å²) >= 11 is 0. The average Bonchev–Trinajstić information content (AvgIpc) is 3.29. The summed E-state index contributed by atoms with van der Waals surface area (Å²) in [5, 5.41) is 5.56. The highest BCUT2D eigenvalue weighted by molar-refractivity contribution is 6.12. The summed E-state index contributed by atoms with van der Waals surface area (Å²) in [7, 11) is 0. The minimum atomic E-state index is -0.648. The second kappa shape index (κ2) is 8.22. The molecule has 2 heterocycles. The summed E-state index contributed by atoms with van der Waals surface area (Å²) in [6, 6.07) is 8.78. The van der Waals surface area contributed by atoms with E-state index < -0.39 is 17.6 Å². The largest absolute Gasteiger partial charge is 0.367 e. The van der Waals surface area contributed by atoms with E-state index in [-0.39, 0.29) is 17.9 Å². The molecule has 0 aromatic heterocycles. The molecule has 2 N–H and O–H groups in total. The van der Waals surface area contributed by atoms with Gasteiger partial charge in [0.25, 0.3) is 0 Å². The first-order chi connectivity index (χ1) is 14.4. The zero-order valence-electron chi connectivity index (χ0n) is 16.5. The molecule has 1 fully saturated rings. The Morgan fingerprint density at radius 1 is 1.30 bits per heavy atom. The van der Waals surface area contributed by atoms with Crippen LogP contribution < -0.4 is 15.5 Å². The molecule has 2 aromatic rings. The molecule has 0 saturated carbocycles. The number of nitrogens with one attached hydrogen (secondary N) is 2. The number of halogens is 2. The van der Waals surface area contributed by atoms with Crippen LogP contribution in [0.15, 0.2) is 41.4 Å². The van der Waals surface area contributed by atoms with Crippen molar-refractivity contribution in [3.05, 3.63) is 53.6 Å². The third-order valence-electron chi connectivity index (χ3n) is 5.41. The first kappa shape index (κ1) is 20.0. The van der Waals surface area contributed by atoms with E-state index in [1.54, 1.807) is 25.1 Å². The van der Waals surface area contributed by atoms with Gasteiger partial charge >= 0.3 is 0 Å². The van der Waals surface area contributed by atoms with Crippen LogP contribution in [-0.4, -0.2) is 37.2 Å². The van der Waals surface area contributed by atoms with E-state index in [2.05, 4.69) is 15.6 Å². The van der Waals surface area contributed by atoms with Crippen molar-refractivity contribution < 1.29 is 18.4 Å². The number of benzene rings is 2. The average molecular weight is 412 g/mol. The first-order valence-corrected chi connectivity index (χ1v) is 9.93. The fourth-order valence-electron chi connectivity index (χ4n) is 3.83.